The Bertz CT molecular complexity index is 1790. The summed E-state index contributed by atoms with van der Waals surface area (Å²) in [5, 5.41) is 26.7. The smallest absolute Gasteiger partial charge is 0.459 e. The van der Waals surface area contributed by atoms with Crippen molar-refractivity contribution >= 4 is 41.6 Å². The standard InChI is InChI=1S/C29H37N6O9P/c1-5-6-14-41-26(38)16(2)34-45(40,44-20-13-9-11-18-10-7-8-12-19(18)20)43-17(3)22-23(36)29(4,39)27(42-22)35-15-31-21-24(35)32-28(30)33-25(21)37/h7-13,15-17,22-23,27,36,39H,5-6,14H2,1-4H3,(H,34,40)(H3,30,32,33,37)/t16-,17+,22+,23+,27?,29+,45?/m0/s1. The van der Waals surface area contributed by atoms with Crippen molar-refractivity contribution in [1.82, 2.24) is 24.6 Å². The molecule has 0 radical (unpaired) electrons. The number of aliphatic hydroxyl groups is 2. The summed E-state index contributed by atoms with van der Waals surface area (Å²) in [6, 6.07) is 11.4. The number of aromatic amines is 1. The molecule has 1 aliphatic heterocycles. The molecule has 15 nitrogen and oxygen atoms in total. The number of nitrogen functional groups attached to an aromatic ring is 1. The Labute approximate surface area is 258 Å². The number of nitrogens with zero attached hydrogens (tertiary/aromatic N) is 3. The van der Waals surface area contributed by atoms with Crippen molar-refractivity contribution in [3.63, 3.8) is 0 Å². The number of aromatic nitrogens is 4. The van der Waals surface area contributed by atoms with Gasteiger partial charge in [0.05, 0.1) is 19.0 Å². The van der Waals surface area contributed by atoms with Gasteiger partial charge in [0.25, 0.3) is 5.56 Å². The third-order valence-electron chi connectivity index (χ3n) is 7.58. The zero-order valence-electron chi connectivity index (χ0n) is 25.2. The van der Waals surface area contributed by atoms with Crippen LogP contribution >= 0.6 is 7.75 Å². The summed E-state index contributed by atoms with van der Waals surface area (Å²) < 4.78 is 39.0. The summed E-state index contributed by atoms with van der Waals surface area (Å²) in [5.74, 6) is -0.616. The van der Waals surface area contributed by atoms with Gasteiger partial charge in [-0.05, 0) is 38.6 Å². The zero-order chi connectivity index (χ0) is 32.5. The second-order valence-corrected chi connectivity index (χ2v) is 12.8. The molecule has 45 heavy (non-hydrogen) atoms. The lowest BCUT2D eigenvalue weighted by Gasteiger charge is -2.30. The molecular weight excluding hydrogens is 607 g/mol. The number of imidazole rings is 1. The first kappa shape index (κ1) is 32.5. The maximum atomic E-state index is 14.4. The maximum absolute atomic E-state index is 14.4. The molecule has 7 atom stereocenters. The van der Waals surface area contributed by atoms with E-state index in [0.717, 1.165) is 11.8 Å². The summed E-state index contributed by atoms with van der Waals surface area (Å²) in [6.45, 7) is 6.43. The third kappa shape index (κ3) is 6.59. The van der Waals surface area contributed by atoms with Gasteiger partial charge in [0.2, 0.25) is 5.95 Å². The molecule has 0 aliphatic carbocycles. The van der Waals surface area contributed by atoms with Crippen molar-refractivity contribution in [2.45, 2.75) is 76.7 Å². The highest BCUT2D eigenvalue weighted by Crippen LogP contribution is 2.50. The number of H-pyrrole nitrogens is 1. The van der Waals surface area contributed by atoms with Crippen LogP contribution in [0.4, 0.5) is 5.95 Å². The fourth-order valence-corrected chi connectivity index (χ4v) is 6.88. The molecule has 4 aromatic rings. The molecular formula is C29H37N6O9P. The number of fused-ring (bicyclic) bond motifs is 2. The molecule has 0 amide bonds. The lowest BCUT2D eigenvalue weighted by Crippen LogP contribution is -2.46. The highest BCUT2D eigenvalue weighted by Gasteiger charge is 2.56. The molecule has 6 N–H and O–H groups in total. The molecule has 2 aromatic carbocycles. The van der Waals surface area contributed by atoms with E-state index in [9.17, 15) is 24.4 Å². The summed E-state index contributed by atoms with van der Waals surface area (Å²) >= 11 is 0. The molecule has 0 bridgehead atoms. The first-order valence-corrected chi connectivity index (χ1v) is 16.1. The third-order valence-corrected chi connectivity index (χ3v) is 9.33. The summed E-state index contributed by atoms with van der Waals surface area (Å²) in [7, 11) is -4.42. The molecule has 0 saturated carbocycles. The monoisotopic (exact) mass is 644 g/mol. The second kappa shape index (κ2) is 12.9. The van der Waals surface area contributed by atoms with Crippen molar-refractivity contribution < 1.29 is 38.1 Å². The van der Waals surface area contributed by atoms with E-state index in [2.05, 4.69) is 20.0 Å². The number of anilines is 1. The number of carbonyl (C=O) groups is 1. The fraction of sp³-hybridized carbons (Fsp3) is 0.448. The Balaban J connectivity index is 1.44. The number of hydrogen-bond donors (Lipinski definition) is 5. The van der Waals surface area contributed by atoms with E-state index in [1.807, 2.05) is 25.1 Å². The average Bonchev–Trinajstić information content (AvgIpc) is 3.50. The van der Waals surface area contributed by atoms with Gasteiger partial charge in [0, 0.05) is 5.39 Å². The van der Waals surface area contributed by atoms with Gasteiger partial charge in [0.1, 0.15) is 29.6 Å². The number of unbranched alkanes of at least 4 members (excludes halogenated alkanes) is 1. The van der Waals surface area contributed by atoms with E-state index in [4.69, 9.17) is 24.3 Å². The number of rotatable bonds is 12. The quantitative estimate of drug-likeness (QED) is 0.0854. The number of nitrogens with one attached hydrogen (secondary N) is 2. The minimum absolute atomic E-state index is 0.0185. The van der Waals surface area contributed by atoms with Crippen LogP contribution in [0.15, 0.2) is 53.6 Å². The number of aliphatic hydroxyl groups excluding tert-OH is 1. The van der Waals surface area contributed by atoms with Crippen LogP contribution in [0, 0.1) is 0 Å². The van der Waals surface area contributed by atoms with Gasteiger partial charge < -0.3 is 29.9 Å². The number of nitrogens with two attached hydrogens (primary N) is 1. The van der Waals surface area contributed by atoms with E-state index >= 15 is 0 Å². The van der Waals surface area contributed by atoms with Crippen molar-refractivity contribution in [3.05, 3.63) is 59.1 Å². The highest BCUT2D eigenvalue weighted by molar-refractivity contribution is 7.52. The molecule has 16 heteroatoms. The van der Waals surface area contributed by atoms with Crippen LogP contribution in [0.3, 0.4) is 0 Å². The topological polar surface area (TPSA) is 213 Å². The number of carbonyl (C=O) groups excluding carboxylic acids is 1. The summed E-state index contributed by atoms with van der Waals surface area (Å²) in [5.41, 5.74) is 3.13. The SMILES string of the molecule is CCCCOC(=O)[C@H](C)NP(=O)(Oc1cccc2ccccc12)O[C@H](C)[C@H]1OC(n2cnc3c(=O)[nH]c(N)nc32)[C@](C)(O)[C@@H]1O. The van der Waals surface area contributed by atoms with Gasteiger partial charge in [-0.25, -0.2) is 9.55 Å². The van der Waals surface area contributed by atoms with E-state index in [-0.39, 0.29) is 29.5 Å². The fourth-order valence-electron chi connectivity index (χ4n) is 5.16. The molecule has 1 aliphatic rings. The Morgan fingerprint density at radius 1 is 1.27 bits per heavy atom. The number of hydrogen-bond acceptors (Lipinski definition) is 12. The van der Waals surface area contributed by atoms with Gasteiger partial charge in [-0.1, -0.05) is 49.7 Å². The Kier molecular flexibility index (Phi) is 9.31. The molecule has 5 rings (SSSR count). The van der Waals surface area contributed by atoms with Crippen LogP contribution in [0.1, 0.15) is 46.8 Å². The van der Waals surface area contributed by atoms with Crippen LogP contribution in [-0.2, 0) is 23.4 Å². The number of benzene rings is 2. The minimum atomic E-state index is -4.42. The minimum Gasteiger partial charge on any atom is -0.465 e. The Morgan fingerprint density at radius 2 is 2.00 bits per heavy atom. The number of esters is 1. The van der Waals surface area contributed by atoms with Crippen molar-refractivity contribution in [2.24, 2.45) is 0 Å². The second-order valence-electron chi connectivity index (χ2n) is 11.1. The first-order chi connectivity index (χ1) is 21.3. The Hall–Kier alpha value is -3.85. The normalized spacial score (nSPS) is 24.4. The molecule has 2 aromatic heterocycles. The first-order valence-electron chi connectivity index (χ1n) is 14.5. The lowest BCUT2D eigenvalue weighted by atomic mass is 9.94. The molecule has 242 valence electrons. The van der Waals surface area contributed by atoms with Gasteiger partial charge in [0.15, 0.2) is 17.4 Å². The van der Waals surface area contributed by atoms with Crippen molar-refractivity contribution in [2.75, 3.05) is 12.3 Å². The van der Waals surface area contributed by atoms with Crippen LogP contribution in [0.25, 0.3) is 21.9 Å². The van der Waals surface area contributed by atoms with Crippen LogP contribution in [0.5, 0.6) is 5.75 Å². The summed E-state index contributed by atoms with van der Waals surface area (Å²) in [6.07, 6.45) is -2.64. The maximum Gasteiger partial charge on any atom is 0.459 e. The Morgan fingerprint density at radius 3 is 2.76 bits per heavy atom. The van der Waals surface area contributed by atoms with E-state index < -0.39 is 55.5 Å². The lowest BCUT2D eigenvalue weighted by molar-refractivity contribution is -0.145. The molecule has 1 saturated heterocycles. The van der Waals surface area contributed by atoms with Crippen LogP contribution < -0.4 is 20.9 Å². The van der Waals surface area contributed by atoms with Gasteiger partial charge in [-0.2, -0.15) is 10.1 Å². The predicted molar refractivity (Wildman–Crippen MR) is 164 cm³/mol. The van der Waals surface area contributed by atoms with Gasteiger partial charge in [-0.15, -0.1) is 0 Å². The highest BCUT2D eigenvalue weighted by atomic mass is 31.2. The molecule has 1 fully saturated rings. The van der Waals surface area contributed by atoms with Crippen molar-refractivity contribution in [3.8, 4) is 5.75 Å². The van der Waals surface area contributed by atoms with Crippen LogP contribution in [0.2, 0.25) is 0 Å². The van der Waals surface area contributed by atoms with Crippen molar-refractivity contribution in [1.29, 1.82) is 0 Å². The van der Waals surface area contributed by atoms with E-state index in [0.29, 0.717) is 11.8 Å². The van der Waals surface area contributed by atoms with Gasteiger partial charge >= 0.3 is 13.7 Å². The summed E-state index contributed by atoms with van der Waals surface area (Å²) in [4.78, 5) is 35.5. The van der Waals surface area contributed by atoms with Gasteiger partial charge in [-0.3, -0.25) is 23.7 Å². The molecule has 0 spiro atoms. The molecule has 2 unspecified atom stereocenters. The average molecular weight is 645 g/mol. The number of ether oxygens (including phenoxy) is 2. The van der Waals surface area contributed by atoms with E-state index in [1.165, 1.54) is 31.7 Å². The van der Waals surface area contributed by atoms with Crippen LogP contribution in [-0.4, -0.2) is 72.3 Å². The van der Waals surface area contributed by atoms with E-state index in [1.54, 1.807) is 24.3 Å². The predicted octanol–water partition coefficient (Wildman–Crippen LogP) is 2.78. The zero-order valence-corrected chi connectivity index (χ0v) is 26.1. The molecule has 3 heterocycles. The largest absolute Gasteiger partial charge is 0.465 e.